The molecule has 37 heavy (non-hydrogen) atoms. The molecule has 2 aromatic heterocycles. The first-order chi connectivity index (χ1) is 18.0. The fourth-order valence-corrected chi connectivity index (χ4v) is 7.19. The number of H-pyrrole nitrogens is 1. The summed E-state index contributed by atoms with van der Waals surface area (Å²) in [6.45, 7) is 6.12. The summed E-state index contributed by atoms with van der Waals surface area (Å²) in [5, 5.41) is 3.60. The third-order valence-electron chi connectivity index (χ3n) is 6.70. The average molecular weight is 529 g/mol. The monoisotopic (exact) mass is 528 g/mol. The molecule has 4 aromatic rings. The minimum absolute atomic E-state index is 0.0611. The Labute approximate surface area is 224 Å². The lowest BCUT2D eigenvalue weighted by atomic mass is 10.1. The second kappa shape index (κ2) is 10.3. The van der Waals surface area contributed by atoms with Crippen LogP contribution in [0.1, 0.15) is 35.9 Å². The van der Waals surface area contributed by atoms with Crippen molar-refractivity contribution >= 4 is 34.9 Å². The van der Waals surface area contributed by atoms with Crippen molar-refractivity contribution in [3.8, 4) is 0 Å². The second-order valence-corrected chi connectivity index (χ2v) is 11.5. The number of morpholine rings is 1. The zero-order valence-electron chi connectivity index (χ0n) is 20.7. The molecule has 2 aliphatic rings. The fraction of sp³-hybridized carbons (Fsp3) is 0.241. The van der Waals surface area contributed by atoms with Crippen LogP contribution in [0, 0.1) is 6.92 Å². The predicted molar refractivity (Wildman–Crippen MR) is 150 cm³/mol. The molecule has 6 nitrogen and oxygen atoms in total. The van der Waals surface area contributed by atoms with Crippen molar-refractivity contribution in [1.29, 1.82) is 0 Å². The van der Waals surface area contributed by atoms with Crippen molar-refractivity contribution in [3.63, 3.8) is 0 Å². The fourth-order valence-electron chi connectivity index (χ4n) is 4.74. The lowest BCUT2D eigenvalue weighted by Crippen LogP contribution is -2.41. The molecule has 2 aliphatic heterocycles. The van der Waals surface area contributed by atoms with Gasteiger partial charge in [-0.25, -0.2) is 0 Å². The Balaban J connectivity index is 1.22. The van der Waals surface area contributed by atoms with Gasteiger partial charge in [-0.3, -0.25) is 9.78 Å². The van der Waals surface area contributed by atoms with Crippen LogP contribution < -0.4 is 15.8 Å². The van der Waals surface area contributed by atoms with Crippen molar-refractivity contribution in [3.05, 3.63) is 100 Å². The van der Waals surface area contributed by atoms with E-state index in [1.54, 1.807) is 29.7 Å². The van der Waals surface area contributed by atoms with E-state index in [-0.39, 0.29) is 17.7 Å². The van der Waals surface area contributed by atoms with Crippen LogP contribution in [0.4, 0.5) is 11.4 Å². The van der Waals surface area contributed by atoms with Crippen LogP contribution >= 0.6 is 23.5 Å². The topological polar surface area (TPSA) is 70.2 Å². The van der Waals surface area contributed by atoms with Gasteiger partial charge in [0.25, 0.3) is 5.56 Å². The zero-order chi connectivity index (χ0) is 25.4. The molecule has 1 fully saturated rings. The van der Waals surface area contributed by atoms with E-state index < -0.39 is 0 Å². The summed E-state index contributed by atoms with van der Waals surface area (Å²) in [6.07, 6.45) is 3.49. The number of hydrogen-bond acceptors (Lipinski definition) is 7. The summed E-state index contributed by atoms with van der Waals surface area (Å²) in [5.41, 5.74) is 5.09. The molecule has 0 amide bonds. The van der Waals surface area contributed by atoms with E-state index in [0.717, 1.165) is 16.9 Å². The molecule has 8 heteroatoms. The van der Waals surface area contributed by atoms with Crippen LogP contribution in [-0.2, 0) is 4.74 Å². The van der Waals surface area contributed by atoms with Gasteiger partial charge in [0.1, 0.15) is 11.8 Å². The van der Waals surface area contributed by atoms with E-state index >= 15 is 0 Å². The molecule has 2 N–H and O–H groups in total. The first kappa shape index (κ1) is 24.2. The van der Waals surface area contributed by atoms with Crippen molar-refractivity contribution in [2.45, 2.75) is 45.6 Å². The quantitative estimate of drug-likeness (QED) is 0.272. The van der Waals surface area contributed by atoms with Crippen LogP contribution in [0.15, 0.2) is 97.4 Å². The van der Waals surface area contributed by atoms with Gasteiger partial charge in [-0.15, -0.1) is 0 Å². The number of aryl methyl sites for hydroxylation is 1. The normalized spacial score (nSPS) is 17.6. The van der Waals surface area contributed by atoms with Crippen molar-refractivity contribution in [1.82, 2.24) is 9.97 Å². The largest absolute Gasteiger partial charge is 0.377 e. The standard InChI is InChI=1S/C29H28N4O2S2/c1-18-8-10-22(31-16-18)19(2)32-20-9-11-25-27(15-20)36-26-7-3-5-21(28(26)37-25)24-17-33(13-14-35-24)23-6-4-12-30-29(23)34/h3-12,15-16,19,24,32H,13-14,17H2,1-2H3,(H,30,34). The molecule has 2 aromatic carbocycles. The lowest BCUT2D eigenvalue weighted by Gasteiger charge is -2.35. The highest BCUT2D eigenvalue weighted by Gasteiger charge is 2.29. The Morgan fingerprint density at radius 1 is 1.08 bits per heavy atom. The molecule has 188 valence electrons. The van der Waals surface area contributed by atoms with Crippen molar-refractivity contribution in [2.24, 2.45) is 0 Å². The first-order valence-electron chi connectivity index (χ1n) is 12.4. The number of nitrogens with zero attached hydrogens (tertiary/aromatic N) is 2. The Morgan fingerprint density at radius 2 is 2.00 bits per heavy atom. The zero-order valence-corrected chi connectivity index (χ0v) is 22.4. The highest BCUT2D eigenvalue weighted by molar-refractivity contribution is 8.05. The van der Waals surface area contributed by atoms with E-state index in [0.29, 0.717) is 25.4 Å². The molecule has 0 aliphatic carbocycles. The average Bonchev–Trinajstić information content (AvgIpc) is 2.92. The van der Waals surface area contributed by atoms with Gasteiger partial charge in [-0.2, -0.15) is 0 Å². The van der Waals surface area contributed by atoms with Gasteiger partial charge < -0.3 is 19.9 Å². The Hall–Kier alpha value is -3.20. The van der Waals surface area contributed by atoms with E-state index in [1.165, 1.54) is 25.1 Å². The number of benzene rings is 2. The van der Waals surface area contributed by atoms with Crippen LogP contribution in [0.5, 0.6) is 0 Å². The maximum Gasteiger partial charge on any atom is 0.271 e. The van der Waals surface area contributed by atoms with Crippen molar-refractivity contribution < 1.29 is 4.74 Å². The van der Waals surface area contributed by atoms with Gasteiger partial charge in [-0.1, -0.05) is 41.7 Å². The Kier molecular flexibility index (Phi) is 6.71. The third kappa shape index (κ3) is 5.01. The van der Waals surface area contributed by atoms with E-state index in [1.807, 2.05) is 18.3 Å². The first-order valence-corrected chi connectivity index (χ1v) is 14.0. The molecule has 0 spiro atoms. The van der Waals surface area contributed by atoms with Crippen molar-refractivity contribution in [2.75, 3.05) is 29.9 Å². The van der Waals surface area contributed by atoms with E-state index in [9.17, 15) is 4.79 Å². The minimum atomic E-state index is -0.0956. The number of aromatic amines is 1. The minimum Gasteiger partial charge on any atom is -0.377 e. The number of aromatic nitrogens is 2. The van der Waals surface area contributed by atoms with Gasteiger partial charge in [0, 0.05) is 50.8 Å². The molecular formula is C29H28N4O2S2. The molecular weight excluding hydrogens is 500 g/mol. The van der Waals surface area contributed by atoms with Gasteiger partial charge in [0.2, 0.25) is 0 Å². The van der Waals surface area contributed by atoms with Crippen LogP contribution in [-0.4, -0.2) is 29.7 Å². The smallest absolute Gasteiger partial charge is 0.271 e. The number of rotatable bonds is 5. The van der Waals surface area contributed by atoms with Crippen LogP contribution in [0.2, 0.25) is 0 Å². The maximum absolute atomic E-state index is 12.4. The number of anilines is 2. The van der Waals surface area contributed by atoms with Gasteiger partial charge in [0.05, 0.1) is 18.3 Å². The summed E-state index contributed by atoms with van der Waals surface area (Å²) >= 11 is 3.60. The van der Waals surface area contributed by atoms with Crippen LogP contribution in [0.3, 0.4) is 0 Å². The molecule has 0 bridgehead atoms. The summed E-state index contributed by atoms with van der Waals surface area (Å²) in [5.74, 6) is 0. The highest BCUT2D eigenvalue weighted by Crippen LogP contribution is 2.52. The van der Waals surface area contributed by atoms with Gasteiger partial charge >= 0.3 is 0 Å². The Bertz CT molecular complexity index is 1490. The van der Waals surface area contributed by atoms with E-state index in [2.05, 4.69) is 82.6 Å². The number of nitrogens with one attached hydrogen (secondary N) is 2. The Morgan fingerprint density at radius 3 is 2.84 bits per heavy atom. The molecule has 2 atom stereocenters. The summed E-state index contributed by atoms with van der Waals surface area (Å²) < 4.78 is 6.23. The molecule has 4 heterocycles. The van der Waals surface area contributed by atoms with Crippen LogP contribution in [0.25, 0.3) is 0 Å². The van der Waals surface area contributed by atoms with Gasteiger partial charge in [-0.05, 0) is 67.4 Å². The summed E-state index contributed by atoms with van der Waals surface area (Å²) in [7, 11) is 0. The number of pyridine rings is 2. The second-order valence-electron chi connectivity index (χ2n) is 9.36. The number of fused-ring (bicyclic) bond motifs is 2. The molecule has 6 rings (SSSR count). The molecule has 0 radical (unpaired) electrons. The number of ether oxygens (including phenoxy) is 1. The van der Waals surface area contributed by atoms with E-state index in [4.69, 9.17) is 4.74 Å². The molecule has 1 saturated heterocycles. The predicted octanol–water partition coefficient (Wildman–Crippen LogP) is 6.45. The highest BCUT2D eigenvalue weighted by atomic mass is 32.2. The summed E-state index contributed by atoms with van der Waals surface area (Å²) in [6, 6.07) is 21.1. The molecule has 0 saturated carbocycles. The lowest BCUT2D eigenvalue weighted by molar-refractivity contribution is 0.0378. The maximum atomic E-state index is 12.4. The van der Waals surface area contributed by atoms with Gasteiger partial charge in [0.15, 0.2) is 0 Å². The summed E-state index contributed by atoms with van der Waals surface area (Å²) in [4.78, 5) is 26.8. The molecule has 2 unspecified atom stereocenters. The SMILES string of the molecule is Cc1ccc(C(C)Nc2ccc3c(c2)Sc2cccc(C4CN(c5ccc[nH]c5=O)CCO4)c2S3)nc1. The third-order valence-corrected chi connectivity index (χ3v) is 9.31. The number of hydrogen-bond donors (Lipinski definition) is 2.